The van der Waals surface area contributed by atoms with Crippen molar-refractivity contribution in [1.29, 1.82) is 0 Å². The Morgan fingerprint density at radius 2 is 1.81 bits per heavy atom. The Labute approximate surface area is 133 Å². The molecule has 3 nitrogen and oxygen atoms in total. The molecule has 0 radical (unpaired) electrons. The van der Waals surface area contributed by atoms with E-state index in [1.165, 1.54) is 0 Å². The highest BCUT2D eigenvalue weighted by Gasteiger charge is 2.15. The molecule has 0 saturated carbocycles. The van der Waals surface area contributed by atoms with Gasteiger partial charge in [-0.25, -0.2) is 0 Å². The molecular formula is C17H18BrNO2. The Balaban J connectivity index is 2.02. The second-order valence-corrected chi connectivity index (χ2v) is 6.00. The molecule has 1 atom stereocenters. The first-order chi connectivity index (χ1) is 9.94. The highest BCUT2D eigenvalue weighted by molar-refractivity contribution is 9.10. The van der Waals surface area contributed by atoms with Crippen LogP contribution in [0.3, 0.4) is 0 Å². The Morgan fingerprint density at radius 1 is 1.14 bits per heavy atom. The summed E-state index contributed by atoms with van der Waals surface area (Å²) in [6, 6.07) is 13.4. The zero-order chi connectivity index (χ0) is 15.4. The number of benzene rings is 2. The molecule has 0 fully saturated rings. The SMILES string of the molecule is Cc1cc(C)cc(NC(=O)[C@H](C)Oc2cccc(Br)c2)c1. The van der Waals surface area contributed by atoms with Crippen molar-refractivity contribution >= 4 is 27.5 Å². The number of amides is 1. The van der Waals surface area contributed by atoms with Gasteiger partial charge in [-0.15, -0.1) is 0 Å². The molecular weight excluding hydrogens is 330 g/mol. The summed E-state index contributed by atoms with van der Waals surface area (Å²) in [5, 5.41) is 2.88. The van der Waals surface area contributed by atoms with Crippen LogP contribution in [0.2, 0.25) is 0 Å². The normalized spacial score (nSPS) is 11.8. The summed E-state index contributed by atoms with van der Waals surface area (Å²) < 4.78 is 6.57. The van der Waals surface area contributed by atoms with Gasteiger partial charge in [0.2, 0.25) is 0 Å². The van der Waals surface area contributed by atoms with E-state index in [1.807, 2.05) is 50.2 Å². The van der Waals surface area contributed by atoms with Gasteiger partial charge < -0.3 is 10.1 Å². The number of hydrogen-bond donors (Lipinski definition) is 1. The van der Waals surface area contributed by atoms with E-state index in [4.69, 9.17) is 4.74 Å². The van der Waals surface area contributed by atoms with Gasteiger partial charge in [0.1, 0.15) is 5.75 Å². The fraction of sp³-hybridized carbons (Fsp3) is 0.235. The minimum atomic E-state index is -0.569. The van der Waals surface area contributed by atoms with E-state index in [1.54, 1.807) is 6.92 Å². The summed E-state index contributed by atoms with van der Waals surface area (Å²) in [5.74, 6) is 0.493. The Morgan fingerprint density at radius 3 is 2.43 bits per heavy atom. The molecule has 110 valence electrons. The molecule has 0 aliphatic carbocycles. The van der Waals surface area contributed by atoms with E-state index in [9.17, 15) is 4.79 Å². The number of halogens is 1. The molecule has 0 bridgehead atoms. The monoisotopic (exact) mass is 347 g/mol. The molecule has 0 aliphatic rings. The van der Waals surface area contributed by atoms with Crippen LogP contribution in [0.4, 0.5) is 5.69 Å². The maximum absolute atomic E-state index is 12.2. The molecule has 0 spiro atoms. The molecule has 0 aromatic heterocycles. The van der Waals surface area contributed by atoms with Crippen molar-refractivity contribution in [3.63, 3.8) is 0 Å². The van der Waals surface area contributed by atoms with Crippen LogP contribution in [0.1, 0.15) is 18.1 Å². The van der Waals surface area contributed by atoms with Crippen LogP contribution in [0.15, 0.2) is 46.9 Å². The van der Waals surface area contributed by atoms with Crippen molar-refractivity contribution in [1.82, 2.24) is 0 Å². The highest BCUT2D eigenvalue weighted by atomic mass is 79.9. The number of aryl methyl sites for hydroxylation is 2. The average Bonchev–Trinajstić information content (AvgIpc) is 2.37. The number of carbonyl (C=O) groups is 1. The molecule has 2 aromatic rings. The summed E-state index contributed by atoms with van der Waals surface area (Å²) in [7, 11) is 0. The third-order valence-corrected chi connectivity index (χ3v) is 3.46. The van der Waals surface area contributed by atoms with Crippen molar-refractivity contribution < 1.29 is 9.53 Å². The molecule has 2 aromatic carbocycles. The van der Waals surface area contributed by atoms with E-state index in [-0.39, 0.29) is 5.91 Å². The predicted molar refractivity (Wildman–Crippen MR) is 88.8 cm³/mol. The minimum absolute atomic E-state index is 0.167. The zero-order valence-corrected chi connectivity index (χ0v) is 13.9. The molecule has 2 rings (SSSR count). The van der Waals surface area contributed by atoms with E-state index >= 15 is 0 Å². The summed E-state index contributed by atoms with van der Waals surface area (Å²) in [4.78, 5) is 12.2. The van der Waals surface area contributed by atoms with E-state index < -0.39 is 6.10 Å². The lowest BCUT2D eigenvalue weighted by Gasteiger charge is -2.15. The lowest BCUT2D eigenvalue weighted by molar-refractivity contribution is -0.122. The molecule has 0 saturated heterocycles. The molecule has 1 N–H and O–H groups in total. The number of nitrogens with one attached hydrogen (secondary N) is 1. The van der Waals surface area contributed by atoms with Gasteiger partial charge in [-0.3, -0.25) is 4.79 Å². The van der Waals surface area contributed by atoms with E-state index in [2.05, 4.69) is 27.3 Å². The first kappa shape index (κ1) is 15.6. The molecule has 1 amide bonds. The first-order valence-electron chi connectivity index (χ1n) is 6.75. The van der Waals surface area contributed by atoms with Gasteiger partial charge >= 0.3 is 0 Å². The number of ether oxygens (including phenoxy) is 1. The quantitative estimate of drug-likeness (QED) is 0.885. The van der Waals surface area contributed by atoms with Crippen LogP contribution in [0.5, 0.6) is 5.75 Å². The van der Waals surface area contributed by atoms with Gasteiger partial charge in [0.15, 0.2) is 6.10 Å². The lowest BCUT2D eigenvalue weighted by atomic mass is 10.1. The average molecular weight is 348 g/mol. The van der Waals surface area contributed by atoms with Gasteiger partial charge in [-0.2, -0.15) is 0 Å². The molecule has 0 unspecified atom stereocenters. The summed E-state index contributed by atoms with van der Waals surface area (Å²) in [6.07, 6.45) is -0.569. The fourth-order valence-corrected chi connectivity index (χ4v) is 2.47. The standard InChI is InChI=1S/C17H18BrNO2/c1-11-7-12(2)9-15(8-11)19-17(20)13(3)21-16-6-4-5-14(18)10-16/h4-10,13H,1-3H3,(H,19,20)/t13-/m0/s1. The smallest absolute Gasteiger partial charge is 0.265 e. The largest absolute Gasteiger partial charge is 0.481 e. The number of rotatable bonds is 4. The topological polar surface area (TPSA) is 38.3 Å². The Kier molecular flexibility index (Phi) is 5.02. The van der Waals surface area contributed by atoms with Crippen LogP contribution in [0, 0.1) is 13.8 Å². The van der Waals surface area contributed by atoms with E-state index in [0.717, 1.165) is 21.3 Å². The highest BCUT2D eigenvalue weighted by Crippen LogP contribution is 2.19. The number of hydrogen-bond acceptors (Lipinski definition) is 2. The van der Waals surface area contributed by atoms with Gasteiger partial charge in [0, 0.05) is 10.2 Å². The first-order valence-corrected chi connectivity index (χ1v) is 7.55. The zero-order valence-electron chi connectivity index (χ0n) is 12.3. The molecule has 21 heavy (non-hydrogen) atoms. The van der Waals surface area contributed by atoms with Crippen LogP contribution in [0.25, 0.3) is 0 Å². The maximum atomic E-state index is 12.2. The van der Waals surface area contributed by atoms with Gasteiger partial charge in [0.25, 0.3) is 5.91 Å². The maximum Gasteiger partial charge on any atom is 0.265 e. The van der Waals surface area contributed by atoms with Crippen molar-refractivity contribution in [3.05, 3.63) is 58.1 Å². The van der Waals surface area contributed by atoms with Gasteiger partial charge in [0.05, 0.1) is 0 Å². The van der Waals surface area contributed by atoms with Gasteiger partial charge in [-0.05, 0) is 62.2 Å². The summed E-state index contributed by atoms with van der Waals surface area (Å²) >= 11 is 3.38. The van der Waals surface area contributed by atoms with Crippen molar-refractivity contribution in [3.8, 4) is 5.75 Å². The van der Waals surface area contributed by atoms with Crippen LogP contribution >= 0.6 is 15.9 Å². The second kappa shape index (κ2) is 6.76. The predicted octanol–water partition coefficient (Wildman–Crippen LogP) is 4.47. The Hall–Kier alpha value is -1.81. The number of anilines is 1. The van der Waals surface area contributed by atoms with Crippen molar-refractivity contribution in [2.45, 2.75) is 26.9 Å². The summed E-state index contributed by atoms with van der Waals surface area (Å²) in [5.41, 5.74) is 3.03. The fourth-order valence-electron chi connectivity index (χ4n) is 2.09. The van der Waals surface area contributed by atoms with Gasteiger partial charge in [-0.1, -0.05) is 28.1 Å². The van der Waals surface area contributed by atoms with Crippen molar-refractivity contribution in [2.75, 3.05) is 5.32 Å². The van der Waals surface area contributed by atoms with Crippen molar-refractivity contribution in [2.24, 2.45) is 0 Å². The molecule has 0 heterocycles. The molecule has 4 heteroatoms. The number of carbonyl (C=O) groups excluding carboxylic acids is 1. The minimum Gasteiger partial charge on any atom is -0.481 e. The second-order valence-electron chi connectivity index (χ2n) is 5.08. The third kappa shape index (κ3) is 4.60. The van der Waals surface area contributed by atoms with Crippen LogP contribution < -0.4 is 10.1 Å². The van der Waals surface area contributed by atoms with E-state index in [0.29, 0.717) is 5.75 Å². The molecule has 0 aliphatic heterocycles. The lowest BCUT2D eigenvalue weighted by Crippen LogP contribution is -2.30. The van der Waals surface area contributed by atoms with Crippen LogP contribution in [-0.2, 0) is 4.79 Å². The summed E-state index contributed by atoms with van der Waals surface area (Å²) in [6.45, 7) is 5.74. The van der Waals surface area contributed by atoms with Crippen LogP contribution in [-0.4, -0.2) is 12.0 Å². The Bertz CT molecular complexity index is 635. The third-order valence-electron chi connectivity index (χ3n) is 2.97.